The van der Waals surface area contributed by atoms with Crippen molar-refractivity contribution in [2.45, 2.75) is 13.8 Å². The van der Waals surface area contributed by atoms with Crippen LogP contribution in [0.15, 0.2) is 77.9 Å². The lowest BCUT2D eigenvalue weighted by molar-refractivity contribution is 0.0960. The lowest BCUT2D eigenvalue weighted by Gasteiger charge is -2.15. The van der Waals surface area contributed by atoms with Gasteiger partial charge < -0.3 is 39.6 Å². The zero-order valence-electron chi connectivity index (χ0n) is 27.6. The van der Waals surface area contributed by atoms with Crippen molar-refractivity contribution < 1.29 is 28.5 Å². The molecule has 0 unspecified atom stereocenters. The maximum Gasteiger partial charge on any atom is 0.255 e. The van der Waals surface area contributed by atoms with Crippen LogP contribution in [0.5, 0.6) is 34.6 Å². The van der Waals surface area contributed by atoms with Gasteiger partial charge in [0.05, 0.1) is 45.4 Å². The number of nitrogens with zero attached hydrogens (tertiary/aromatic N) is 3. The molecule has 48 heavy (non-hydrogen) atoms. The van der Waals surface area contributed by atoms with Crippen LogP contribution >= 0.6 is 0 Å². The first-order valence-corrected chi connectivity index (χ1v) is 14.6. The van der Waals surface area contributed by atoms with Crippen molar-refractivity contribution in [3.05, 3.63) is 100 Å². The summed E-state index contributed by atoms with van der Waals surface area (Å²) in [5.74, 6) is 3.42. The summed E-state index contributed by atoms with van der Waals surface area (Å²) in [6.07, 6.45) is 3.15. The molecule has 1 amide bonds. The Labute approximate surface area is 277 Å². The van der Waals surface area contributed by atoms with Crippen molar-refractivity contribution in [3.63, 3.8) is 0 Å². The number of rotatable bonds is 11. The van der Waals surface area contributed by atoms with E-state index in [2.05, 4.69) is 35.9 Å². The summed E-state index contributed by atoms with van der Waals surface area (Å²) in [7, 11) is 7.81. The van der Waals surface area contributed by atoms with Gasteiger partial charge in [0.15, 0.2) is 23.0 Å². The fraction of sp³-hybridized carbons (Fsp3) is 0.206. The summed E-state index contributed by atoms with van der Waals surface area (Å²) in [5, 5.41) is 8.71. The summed E-state index contributed by atoms with van der Waals surface area (Å²) in [6, 6.07) is 17.8. The van der Waals surface area contributed by atoms with E-state index >= 15 is 0 Å². The van der Waals surface area contributed by atoms with Gasteiger partial charge in [-0.15, -0.1) is 0 Å². The molecule has 0 atom stereocenters. The Bertz CT molecular complexity index is 1930. The van der Waals surface area contributed by atoms with E-state index in [1.54, 1.807) is 91.1 Å². The summed E-state index contributed by atoms with van der Waals surface area (Å²) in [5.41, 5.74) is 2.82. The number of carbonyl (C=O) groups excluding carboxylic acids is 1. The number of hydrogen-bond donors (Lipinski definition) is 4. The van der Waals surface area contributed by atoms with Crippen molar-refractivity contribution >= 4 is 29.2 Å². The van der Waals surface area contributed by atoms with Gasteiger partial charge in [0, 0.05) is 30.6 Å². The number of aromatic amines is 1. The number of hydrogen-bond acceptors (Lipinski definition) is 12. The highest BCUT2D eigenvalue weighted by Crippen LogP contribution is 2.37. The average molecular weight is 656 g/mol. The summed E-state index contributed by atoms with van der Waals surface area (Å²) >= 11 is 0. The number of aromatic nitrogens is 4. The molecule has 250 valence electrons. The maximum atomic E-state index is 12.1. The Morgan fingerprint density at radius 2 is 1.29 bits per heavy atom. The Morgan fingerprint density at radius 1 is 0.708 bits per heavy atom. The lowest BCUT2D eigenvalue weighted by Crippen LogP contribution is -2.18. The fourth-order valence-corrected chi connectivity index (χ4v) is 4.31. The number of benzene rings is 3. The van der Waals surface area contributed by atoms with Crippen LogP contribution in [-0.4, -0.2) is 61.3 Å². The smallest absolute Gasteiger partial charge is 0.255 e. The minimum Gasteiger partial charge on any atom is -0.493 e. The topological polar surface area (TPSA) is 171 Å². The molecule has 5 rings (SSSR count). The first-order valence-electron chi connectivity index (χ1n) is 14.6. The number of carbonyl (C=O) groups is 1. The molecule has 14 heteroatoms. The number of nitrogens with one attached hydrogen (secondary N) is 4. The second-order valence-electron chi connectivity index (χ2n) is 9.94. The van der Waals surface area contributed by atoms with Crippen molar-refractivity contribution in [1.82, 2.24) is 25.3 Å². The molecule has 0 aliphatic carbocycles. The number of aryl methyl sites for hydroxylation is 2. The van der Waals surface area contributed by atoms with Crippen LogP contribution < -0.4 is 45.2 Å². The van der Waals surface area contributed by atoms with E-state index in [-0.39, 0.29) is 11.5 Å². The number of H-pyrrole nitrogens is 1. The number of ether oxygens (including phenoxy) is 5. The molecule has 0 bridgehead atoms. The molecular formula is C34H37N7O7. The molecule has 0 saturated carbocycles. The number of methoxy groups -OCH3 is 4. The van der Waals surface area contributed by atoms with Crippen LogP contribution in [0.3, 0.4) is 0 Å². The summed E-state index contributed by atoms with van der Waals surface area (Å²) < 4.78 is 27.2. The third-order valence-electron chi connectivity index (χ3n) is 6.77. The van der Waals surface area contributed by atoms with Gasteiger partial charge in [-0.25, -0.2) is 9.97 Å². The zero-order valence-corrected chi connectivity index (χ0v) is 27.6. The molecular weight excluding hydrogens is 618 g/mol. The molecule has 0 aliphatic rings. The Kier molecular flexibility index (Phi) is 11.7. The summed E-state index contributed by atoms with van der Waals surface area (Å²) in [4.78, 5) is 39.1. The second kappa shape index (κ2) is 16.3. The molecule has 0 aliphatic heterocycles. The highest BCUT2D eigenvalue weighted by atomic mass is 16.5. The summed E-state index contributed by atoms with van der Waals surface area (Å²) in [6.45, 7) is 3.52. The first-order chi connectivity index (χ1) is 23.2. The molecule has 14 nitrogen and oxygen atoms in total. The van der Waals surface area contributed by atoms with Gasteiger partial charge >= 0.3 is 0 Å². The van der Waals surface area contributed by atoms with Gasteiger partial charge in [-0.3, -0.25) is 14.6 Å². The highest BCUT2D eigenvalue weighted by molar-refractivity contribution is 5.96. The van der Waals surface area contributed by atoms with Crippen LogP contribution in [0, 0.1) is 13.8 Å². The molecule has 0 saturated heterocycles. The molecule has 0 radical (unpaired) electrons. The van der Waals surface area contributed by atoms with E-state index in [4.69, 9.17) is 23.7 Å². The standard InChI is InChI=1S/C21H22N4O4.C13H15N3O3/c1-13-12-23-21(24-15-9-7-11-17(27-3)18(15)28-4)25-20(13)29-16-10-6-5-8-14(16)19(26)22-2;1-8-7-14-13(16-12(8)17)15-9-5-4-6-10(18-2)11(9)19-3/h5-12H,1-4H3,(H,22,26)(H,23,24,25);4-7H,1-3H3,(H2,14,15,16,17). The van der Waals surface area contributed by atoms with Gasteiger partial charge in [0.25, 0.3) is 11.5 Å². The van der Waals surface area contributed by atoms with Crippen LogP contribution in [0.25, 0.3) is 0 Å². The Balaban J connectivity index is 0.000000237. The van der Waals surface area contributed by atoms with Gasteiger partial charge in [0.1, 0.15) is 5.75 Å². The Morgan fingerprint density at radius 3 is 1.88 bits per heavy atom. The molecule has 4 N–H and O–H groups in total. The predicted molar refractivity (Wildman–Crippen MR) is 182 cm³/mol. The van der Waals surface area contributed by atoms with Crippen molar-refractivity contribution in [2.24, 2.45) is 0 Å². The maximum absolute atomic E-state index is 12.1. The zero-order chi connectivity index (χ0) is 34.6. The quantitative estimate of drug-likeness (QED) is 0.140. The minimum absolute atomic E-state index is 0.181. The minimum atomic E-state index is -0.244. The van der Waals surface area contributed by atoms with Crippen molar-refractivity contribution in [3.8, 4) is 34.6 Å². The van der Waals surface area contributed by atoms with Crippen molar-refractivity contribution in [1.29, 1.82) is 0 Å². The van der Waals surface area contributed by atoms with Crippen molar-refractivity contribution in [2.75, 3.05) is 46.1 Å². The van der Waals surface area contributed by atoms with E-state index < -0.39 is 0 Å². The average Bonchev–Trinajstić information content (AvgIpc) is 3.11. The fourth-order valence-electron chi connectivity index (χ4n) is 4.31. The van der Waals surface area contributed by atoms with Gasteiger partial charge in [-0.05, 0) is 50.2 Å². The monoisotopic (exact) mass is 655 g/mol. The molecule has 5 aromatic rings. The van der Waals surface area contributed by atoms with E-state index in [1.165, 1.54) is 6.20 Å². The molecule has 0 fully saturated rings. The predicted octanol–water partition coefficient (Wildman–Crippen LogP) is 5.54. The largest absolute Gasteiger partial charge is 0.493 e. The normalized spacial score (nSPS) is 10.1. The van der Waals surface area contributed by atoms with Crippen LogP contribution in [0.2, 0.25) is 0 Å². The number of amides is 1. The Hall–Kier alpha value is -6.31. The lowest BCUT2D eigenvalue weighted by atomic mass is 10.2. The molecule has 2 aromatic heterocycles. The molecule has 0 spiro atoms. The van der Waals surface area contributed by atoms with E-state index in [9.17, 15) is 9.59 Å². The number of para-hydroxylation sites is 3. The third kappa shape index (κ3) is 8.28. The number of anilines is 4. The first kappa shape index (κ1) is 34.6. The molecule has 2 heterocycles. The van der Waals surface area contributed by atoms with Gasteiger partial charge in [-0.2, -0.15) is 4.98 Å². The van der Waals surface area contributed by atoms with Gasteiger partial charge in [-0.1, -0.05) is 24.3 Å². The molecule has 3 aromatic carbocycles. The van der Waals surface area contributed by atoms with Gasteiger partial charge in [0.2, 0.25) is 17.8 Å². The van der Waals surface area contributed by atoms with E-state index in [0.29, 0.717) is 69.0 Å². The van der Waals surface area contributed by atoms with Crippen LogP contribution in [-0.2, 0) is 0 Å². The van der Waals surface area contributed by atoms with E-state index in [1.807, 2.05) is 25.1 Å². The van der Waals surface area contributed by atoms with Crippen LogP contribution in [0.1, 0.15) is 21.5 Å². The SMILES string of the molecule is CNC(=O)c1ccccc1Oc1nc(Nc2cccc(OC)c2OC)ncc1C.COc1cccc(Nc2ncc(C)c(=O)[nH]2)c1OC. The van der Waals surface area contributed by atoms with Crippen LogP contribution in [0.4, 0.5) is 23.3 Å². The van der Waals surface area contributed by atoms with E-state index in [0.717, 1.165) is 5.56 Å². The highest BCUT2D eigenvalue weighted by Gasteiger charge is 2.16. The second-order valence-corrected chi connectivity index (χ2v) is 9.94. The third-order valence-corrected chi connectivity index (χ3v) is 6.77.